The zero-order chi connectivity index (χ0) is 12.1. The molecule has 1 aromatic carbocycles. The number of anilines is 1. The molecule has 0 bridgehead atoms. The molecule has 0 unspecified atom stereocenters. The highest BCUT2D eigenvalue weighted by atomic mass is 35.5. The second kappa shape index (κ2) is 6.03. The third-order valence-electron chi connectivity index (χ3n) is 1.88. The van der Waals surface area contributed by atoms with E-state index in [0.29, 0.717) is 13.0 Å². The summed E-state index contributed by atoms with van der Waals surface area (Å²) >= 11 is 11.5. The van der Waals surface area contributed by atoms with Crippen molar-refractivity contribution >= 4 is 34.8 Å². The molecule has 0 aliphatic heterocycles. The smallest absolute Gasteiger partial charge is 0.224 e. The van der Waals surface area contributed by atoms with Crippen molar-refractivity contribution in [2.45, 2.75) is 12.8 Å². The Hall–Kier alpha value is -0.840. The van der Waals surface area contributed by atoms with E-state index < -0.39 is 5.82 Å². The monoisotopic (exact) mass is 264 g/mol. The quantitative estimate of drug-likeness (QED) is 0.879. The highest BCUT2D eigenvalue weighted by molar-refractivity contribution is 6.39. The lowest BCUT2D eigenvalue weighted by atomic mass is 10.2. The van der Waals surface area contributed by atoms with Crippen LogP contribution in [0.1, 0.15) is 12.8 Å². The van der Waals surface area contributed by atoms with Crippen LogP contribution in [-0.4, -0.2) is 12.5 Å². The standard InChI is InChI=1S/C10H11Cl2FN2O/c11-7-4-6(13)5-8(12)10(7)15-9(16)2-1-3-14/h4-5H,1-3,14H2,(H,15,16). The first-order chi connectivity index (χ1) is 7.54. The second-order valence-corrected chi connectivity index (χ2v) is 4.00. The van der Waals surface area contributed by atoms with Gasteiger partial charge in [0.1, 0.15) is 5.82 Å². The minimum absolute atomic E-state index is 0.0751. The molecule has 3 N–H and O–H groups in total. The molecular weight excluding hydrogens is 254 g/mol. The maximum Gasteiger partial charge on any atom is 0.224 e. The lowest BCUT2D eigenvalue weighted by Gasteiger charge is -2.09. The van der Waals surface area contributed by atoms with Crippen molar-refractivity contribution < 1.29 is 9.18 Å². The largest absolute Gasteiger partial charge is 0.330 e. The molecular formula is C10H11Cl2FN2O. The molecule has 0 heterocycles. The van der Waals surface area contributed by atoms with Crippen LogP contribution in [0, 0.1) is 5.82 Å². The fourth-order valence-electron chi connectivity index (χ4n) is 1.13. The van der Waals surface area contributed by atoms with Crippen LogP contribution in [0.25, 0.3) is 0 Å². The summed E-state index contributed by atoms with van der Waals surface area (Å²) in [4.78, 5) is 11.4. The maximum absolute atomic E-state index is 12.9. The van der Waals surface area contributed by atoms with Gasteiger partial charge in [0.2, 0.25) is 5.91 Å². The average molecular weight is 265 g/mol. The molecule has 0 fully saturated rings. The molecule has 6 heteroatoms. The third-order valence-corrected chi connectivity index (χ3v) is 2.48. The Morgan fingerprint density at radius 2 is 1.94 bits per heavy atom. The van der Waals surface area contributed by atoms with Gasteiger partial charge in [0.05, 0.1) is 15.7 Å². The van der Waals surface area contributed by atoms with Crippen molar-refractivity contribution in [3.8, 4) is 0 Å². The first kappa shape index (κ1) is 13.2. The molecule has 0 spiro atoms. The van der Waals surface area contributed by atoms with Gasteiger partial charge in [0.15, 0.2) is 0 Å². The van der Waals surface area contributed by atoms with Crippen LogP contribution < -0.4 is 11.1 Å². The molecule has 3 nitrogen and oxygen atoms in total. The zero-order valence-corrected chi connectivity index (χ0v) is 9.91. The molecule has 0 radical (unpaired) electrons. The van der Waals surface area contributed by atoms with Crippen LogP contribution in [0.5, 0.6) is 0 Å². The van der Waals surface area contributed by atoms with Gasteiger partial charge in [-0.05, 0) is 25.1 Å². The maximum atomic E-state index is 12.9. The first-order valence-electron chi connectivity index (χ1n) is 4.69. The van der Waals surface area contributed by atoms with E-state index in [4.69, 9.17) is 28.9 Å². The number of halogens is 3. The summed E-state index contributed by atoms with van der Waals surface area (Å²) in [5, 5.41) is 2.67. The Bertz CT molecular complexity index is 375. The van der Waals surface area contributed by atoms with Crippen LogP contribution in [0.2, 0.25) is 10.0 Å². The van der Waals surface area contributed by atoms with Crippen LogP contribution in [0.3, 0.4) is 0 Å². The lowest BCUT2D eigenvalue weighted by Crippen LogP contribution is -2.14. The van der Waals surface area contributed by atoms with Gasteiger partial charge in [-0.3, -0.25) is 4.79 Å². The molecule has 1 amide bonds. The van der Waals surface area contributed by atoms with Gasteiger partial charge in [-0.1, -0.05) is 23.2 Å². The summed E-state index contributed by atoms with van der Waals surface area (Å²) in [6.45, 7) is 0.429. The third kappa shape index (κ3) is 3.63. The number of hydrogen-bond donors (Lipinski definition) is 2. The fourth-order valence-corrected chi connectivity index (χ4v) is 1.68. The second-order valence-electron chi connectivity index (χ2n) is 3.18. The van der Waals surface area contributed by atoms with Crippen molar-refractivity contribution in [3.05, 3.63) is 28.0 Å². The number of benzene rings is 1. The van der Waals surface area contributed by atoms with Crippen molar-refractivity contribution in [2.75, 3.05) is 11.9 Å². The number of rotatable bonds is 4. The SMILES string of the molecule is NCCCC(=O)Nc1c(Cl)cc(F)cc1Cl. The highest BCUT2D eigenvalue weighted by Crippen LogP contribution is 2.31. The van der Waals surface area contributed by atoms with Gasteiger partial charge < -0.3 is 11.1 Å². The fraction of sp³-hybridized carbons (Fsp3) is 0.300. The minimum atomic E-state index is -0.546. The lowest BCUT2D eigenvalue weighted by molar-refractivity contribution is -0.116. The normalized spacial score (nSPS) is 10.2. The number of hydrogen-bond acceptors (Lipinski definition) is 2. The number of carbonyl (C=O) groups is 1. The highest BCUT2D eigenvalue weighted by Gasteiger charge is 2.11. The van der Waals surface area contributed by atoms with Crippen LogP contribution >= 0.6 is 23.2 Å². The van der Waals surface area contributed by atoms with Crippen molar-refractivity contribution in [1.29, 1.82) is 0 Å². The average Bonchev–Trinajstić information content (AvgIpc) is 2.20. The first-order valence-corrected chi connectivity index (χ1v) is 5.44. The Labute approximate surface area is 103 Å². The van der Waals surface area contributed by atoms with Gasteiger partial charge in [0, 0.05) is 6.42 Å². The Kier molecular flexibility index (Phi) is 4.99. The predicted octanol–water partition coefficient (Wildman–Crippen LogP) is 2.81. The van der Waals surface area contributed by atoms with Crippen molar-refractivity contribution in [2.24, 2.45) is 5.73 Å². The van der Waals surface area contributed by atoms with E-state index in [1.54, 1.807) is 0 Å². The molecule has 0 aromatic heterocycles. The molecule has 0 aliphatic carbocycles. The van der Waals surface area contributed by atoms with E-state index in [-0.39, 0.29) is 28.1 Å². The number of nitrogens with one attached hydrogen (secondary N) is 1. The summed E-state index contributed by atoms with van der Waals surface area (Å²) in [6, 6.07) is 2.18. The molecule has 1 rings (SSSR count). The van der Waals surface area contributed by atoms with Gasteiger partial charge in [-0.2, -0.15) is 0 Å². The Morgan fingerprint density at radius 3 is 2.44 bits per heavy atom. The molecule has 0 atom stereocenters. The van der Waals surface area contributed by atoms with E-state index in [9.17, 15) is 9.18 Å². The molecule has 88 valence electrons. The Morgan fingerprint density at radius 1 is 1.38 bits per heavy atom. The van der Waals surface area contributed by atoms with Crippen molar-refractivity contribution in [3.63, 3.8) is 0 Å². The van der Waals surface area contributed by atoms with Crippen LogP contribution in [0.4, 0.5) is 10.1 Å². The molecule has 0 saturated heterocycles. The summed E-state index contributed by atoms with van der Waals surface area (Å²) < 4.78 is 12.9. The topological polar surface area (TPSA) is 55.1 Å². The summed E-state index contributed by atoms with van der Waals surface area (Å²) in [5.74, 6) is -0.796. The zero-order valence-electron chi connectivity index (χ0n) is 8.40. The van der Waals surface area contributed by atoms with E-state index in [2.05, 4.69) is 5.32 Å². The molecule has 1 aromatic rings. The van der Waals surface area contributed by atoms with Gasteiger partial charge in [0.25, 0.3) is 0 Å². The molecule has 16 heavy (non-hydrogen) atoms. The number of nitrogens with two attached hydrogens (primary N) is 1. The molecule has 0 saturated carbocycles. The number of carbonyl (C=O) groups excluding carboxylic acids is 1. The van der Waals surface area contributed by atoms with Crippen LogP contribution in [-0.2, 0) is 4.79 Å². The predicted molar refractivity (Wildman–Crippen MR) is 63.3 cm³/mol. The number of amides is 1. The van der Waals surface area contributed by atoms with Crippen molar-refractivity contribution in [1.82, 2.24) is 0 Å². The van der Waals surface area contributed by atoms with Gasteiger partial charge in [-0.15, -0.1) is 0 Å². The van der Waals surface area contributed by atoms with E-state index >= 15 is 0 Å². The van der Waals surface area contributed by atoms with Gasteiger partial charge >= 0.3 is 0 Å². The summed E-state index contributed by atoms with van der Waals surface area (Å²) in [5.41, 5.74) is 5.50. The summed E-state index contributed by atoms with van der Waals surface area (Å²) in [7, 11) is 0. The Balaban J connectivity index is 2.77. The van der Waals surface area contributed by atoms with E-state index in [1.165, 1.54) is 0 Å². The minimum Gasteiger partial charge on any atom is -0.330 e. The van der Waals surface area contributed by atoms with E-state index in [1.807, 2.05) is 0 Å². The molecule has 0 aliphatic rings. The van der Waals surface area contributed by atoms with Crippen LogP contribution in [0.15, 0.2) is 12.1 Å². The van der Waals surface area contributed by atoms with E-state index in [0.717, 1.165) is 12.1 Å². The summed E-state index contributed by atoms with van der Waals surface area (Å²) in [6.07, 6.45) is 0.850. The van der Waals surface area contributed by atoms with Gasteiger partial charge in [-0.25, -0.2) is 4.39 Å².